The van der Waals surface area contributed by atoms with Gasteiger partial charge in [-0.3, -0.25) is 37.6 Å². The highest BCUT2D eigenvalue weighted by atomic mass is 31.2. The van der Waals surface area contributed by atoms with Crippen molar-refractivity contribution >= 4 is 54.4 Å². The molecule has 4 aromatic carbocycles. The third-order valence-corrected chi connectivity index (χ3v) is 16.8. The average molecular weight is 1210 g/mol. The van der Waals surface area contributed by atoms with Gasteiger partial charge in [-0.15, -0.1) is 0 Å². The molecular weight excluding hydrogens is 1140 g/mol. The first-order valence-corrected chi connectivity index (χ1v) is 29.5. The molecule has 86 heavy (non-hydrogen) atoms. The molecule has 2 aliphatic rings. The van der Waals surface area contributed by atoms with Crippen LogP contribution in [0, 0.1) is 0 Å². The van der Waals surface area contributed by atoms with Gasteiger partial charge in [0.15, 0.2) is 48.0 Å². The number of ketones is 1. The minimum absolute atomic E-state index is 0.0127. The normalized spacial score (nSPS) is 21.6. The minimum Gasteiger partial charge on any atom is -0.497 e. The zero-order valence-electron chi connectivity index (χ0n) is 49.5. The van der Waals surface area contributed by atoms with Crippen LogP contribution in [0.15, 0.2) is 122 Å². The van der Waals surface area contributed by atoms with Crippen LogP contribution in [0.5, 0.6) is 11.5 Å². The molecular formula is C61H73N6O18P. The summed E-state index contributed by atoms with van der Waals surface area (Å²) < 4.78 is 93.5. The molecule has 4 heterocycles. The summed E-state index contributed by atoms with van der Waals surface area (Å²) in [5.74, 6) is -2.36. The molecule has 2 fully saturated rings. The first-order chi connectivity index (χ1) is 41.2. The Morgan fingerprint density at radius 3 is 1.81 bits per heavy atom. The number of ether oxygens (including phenoxy) is 10. The lowest BCUT2D eigenvalue weighted by Gasteiger charge is -2.44. The summed E-state index contributed by atoms with van der Waals surface area (Å²) in [7, 11) is -1.45. The largest absolute Gasteiger partial charge is 0.497 e. The fourth-order valence-electron chi connectivity index (χ4n) is 10.8. The summed E-state index contributed by atoms with van der Waals surface area (Å²) in [5.41, 5.74) is 7.41. The molecule has 8 rings (SSSR count). The highest BCUT2D eigenvalue weighted by Gasteiger charge is 2.55. The lowest BCUT2D eigenvalue weighted by molar-refractivity contribution is -0.308. The third kappa shape index (κ3) is 14.8. The Bertz CT molecular complexity index is 3260. The maximum Gasteiger partial charge on any atom is 0.409 e. The van der Waals surface area contributed by atoms with E-state index in [4.69, 9.17) is 62.1 Å². The van der Waals surface area contributed by atoms with Crippen LogP contribution >= 0.6 is 7.75 Å². The van der Waals surface area contributed by atoms with E-state index in [0.717, 1.165) is 27.7 Å². The van der Waals surface area contributed by atoms with Gasteiger partial charge in [-0.1, -0.05) is 84.9 Å². The number of esters is 4. The van der Waals surface area contributed by atoms with Crippen LogP contribution in [0.25, 0.3) is 11.2 Å². The van der Waals surface area contributed by atoms with Gasteiger partial charge in [-0.25, -0.2) is 24.2 Å². The van der Waals surface area contributed by atoms with Crippen LogP contribution in [-0.4, -0.2) is 149 Å². The van der Waals surface area contributed by atoms with E-state index in [1.807, 2.05) is 82.3 Å². The topological polar surface area (TPSA) is 286 Å². The standard InChI is InChI=1S/C61H73N6O18P/c1-36(2)67(37(3)4)86(73,78-31-17-30-76-60-57(81-41(8)71)56(80-40(7)70)54(79-39(6)69)49(82-60)33-77-38(5)68)85-48-32-50(66-35-65-51-58(62)63-34-64-59(51)66)83-53(48)55(52(72)42-18-13-11-14-19-42)84-61(43-20-15-12-16-21-43,44-22-26-46(74-9)27-23-44)45-24-28-47(75-10)29-25-45/h11-16,18-29,34-37,48-50,53-57,60H,17,30-33H2,1-10H3,(H2,62,63,64)/t48-,49+,50+,53-,54+,55?,56-,57+,60+,86?/m0/s1. The van der Waals surface area contributed by atoms with Crippen molar-refractivity contribution in [1.82, 2.24) is 24.2 Å². The molecule has 0 radical (unpaired) electrons. The number of imidazole rings is 1. The van der Waals surface area contributed by atoms with Crippen LogP contribution in [0.3, 0.4) is 0 Å². The summed E-state index contributed by atoms with van der Waals surface area (Å²) in [4.78, 5) is 78.5. The zero-order chi connectivity index (χ0) is 61.9. The van der Waals surface area contributed by atoms with E-state index in [9.17, 15) is 19.2 Å². The molecule has 24 nitrogen and oxygen atoms in total. The number of anilines is 1. The Labute approximate surface area is 498 Å². The van der Waals surface area contributed by atoms with Crippen LogP contribution in [0.4, 0.5) is 5.82 Å². The van der Waals surface area contributed by atoms with Gasteiger partial charge in [0.05, 0.1) is 33.8 Å². The van der Waals surface area contributed by atoms with Gasteiger partial charge in [0.2, 0.25) is 0 Å². The molecule has 2 N–H and O–H groups in total. The number of fused-ring (bicyclic) bond motifs is 1. The molecule has 2 unspecified atom stereocenters. The SMILES string of the molecule is COc1ccc(C(OC(C(=O)c2ccccc2)[C@H]2O[C@@H](n3cnc4c(N)ncnc43)C[C@@H]2OP(=O)(OCCCO[C@@H]2O[C@H](COC(C)=O)[C@@H](OC(C)=O)[C@H](OC(C)=O)[C@H]2OC(C)=O)N(C(C)C)C(C)C)(c2ccccc2)c2ccc(OC)cc2)cc1. The summed E-state index contributed by atoms with van der Waals surface area (Å²) in [6.45, 7) is 10.9. The van der Waals surface area contributed by atoms with Gasteiger partial charge in [0, 0.05) is 51.8 Å². The van der Waals surface area contributed by atoms with Gasteiger partial charge in [-0.2, -0.15) is 0 Å². The second-order valence-corrected chi connectivity index (χ2v) is 22.8. The van der Waals surface area contributed by atoms with E-state index in [0.29, 0.717) is 33.8 Å². The number of benzene rings is 4. The molecule has 10 atom stereocenters. The number of methoxy groups -OCH3 is 2. The minimum atomic E-state index is -4.57. The van der Waals surface area contributed by atoms with E-state index in [1.165, 1.54) is 12.7 Å². The summed E-state index contributed by atoms with van der Waals surface area (Å²) in [5, 5.41) is 0. The Balaban J connectivity index is 1.21. The lowest BCUT2D eigenvalue weighted by Crippen LogP contribution is -2.63. The number of carbonyl (C=O) groups excluding carboxylic acids is 5. The smallest absolute Gasteiger partial charge is 0.409 e. The van der Waals surface area contributed by atoms with Gasteiger partial charge in [-0.05, 0) is 75.1 Å². The maximum atomic E-state index is 16.3. The molecule has 6 aromatic rings. The molecule has 2 aromatic heterocycles. The van der Waals surface area contributed by atoms with E-state index < -0.39 is 117 Å². The molecule has 2 saturated heterocycles. The molecule has 0 amide bonds. The van der Waals surface area contributed by atoms with Gasteiger partial charge in [0.25, 0.3) is 0 Å². The number of nitrogens with zero attached hydrogens (tertiary/aromatic N) is 5. The lowest BCUT2D eigenvalue weighted by atomic mass is 9.79. The summed E-state index contributed by atoms with van der Waals surface area (Å²) in [6, 6.07) is 31.7. The highest BCUT2D eigenvalue weighted by Crippen LogP contribution is 2.58. The average Bonchev–Trinajstić information content (AvgIpc) is 1.18. The molecule has 0 saturated carbocycles. The second kappa shape index (κ2) is 28.7. The second-order valence-electron chi connectivity index (χ2n) is 21.0. The number of aromatic nitrogens is 4. The Hall–Kier alpha value is -7.67. The van der Waals surface area contributed by atoms with Crippen LogP contribution in [0.2, 0.25) is 0 Å². The van der Waals surface area contributed by atoms with E-state index in [1.54, 1.807) is 78.1 Å². The number of hydrogen-bond donors (Lipinski definition) is 1. The molecule has 0 spiro atoms. The van der Waals surface area contributed by atoms with Crippen molar-refractivity contribution in [3.8, 4) is 11.5 Å². The maximum absolute atomic E-state index is 16.3. The van der Waals surface area contributed by atoms with E-state index >= 15 is 9.36 Å². The van der Waals surface area contributed by atoms with Gasteiger partial charge in [0.1, 0.15) is 60.1 Å². The molecule has 0 bridgehead atoms. The van der Waals surface area contributed by atoms with Crippen molar-refractivity contribution in [3.05, 3.63) is 144 Å². The summed E-state index contributed by atoms with van der Waals surface area (Å²) in [6.07, 6.45) is -9.70. The van der Waals surface area contributed by atoms with Crippen molar-refractivity contribution in [2.75, 3.05) is 39.8 Å². The van der Waals surface area contributed by atoms with Crippen LogP contribution in [0.1, 0.15) is 102 Å². The van der Waals surface area contributed by atoms with Crippen LogP contribution in [-0.2, 0) is 76.3 Å². The Morgan fingerprint density at radius 2 is 1.26 bits per heavy atom. The number of nitrogen functional groups attached to an aromatic ring is 1. The van der Waals surface area contributed by atoms with Gasteiger partial charge >= 0.3 is 31.6 Å². The summed E-state index contributed by atoms with van der Waals surface area (Å²) >= 11 is 0. The predicted molar refractivity (Wildman–Crippen MR) is 309 cm³/mol. The predicted octanol–water partition coefficient (Wildman–Crippen LogP) is 8.09. The highest BCUT2D eigenvalue weighted by molar-refractivity contribution is 7.51. The van der Waals surface area contributed by atoms with Crippen LogP contribution < -0.4 is 15.2 Å². The first kappa shape index (κ1) is 64.3. The van der Waals surface area contributed by atoms with Crippen molar-refractivity contribution in [2.45, 2.75) is 141 Å². The molecule has 25 heteroatoms. The number of rotatable bonds is 27. The first-order valence-electron chi connectivity index (χ1n) is 28.0. The Kier molecular flexibility index (Phi) is 21.5. The van der Waals surface area contributed by atoms with Gasteiger partial charge < -0.3 is 53.1 Å². The molecule has 0 aliphatic carbocycles. The number of Topliss-reactive ketones (excluding diaryl/α,β-unsaturated/α-hetero) is 1. The van der Waals surface area contributed by atoms with Crippen molar-refractivity contribution < 1.29 is 85.0 Å². The fourth-order valence-corrected chi connectivity index (χ4v) is 13.1. The molecule has 460 valence electrons. The van der Waals surface area contributed by atoms with E-state index in [2.05, 4.69) is 15.0 Å². The fraction of sp³-hybridized carbons (Fsp3) is 0.443. The number of hydrogen-bond acceptors (Lipinski definition) is 22. The van der Waals surface area contributed by atoms with Crippen molar-refractivity contribution in [1.29, 1.82) is 0 Å². The Morgan fingerprint density at radius 1 is 0.698 bits per heavy atom. The third-order valence-electron chi connectivity index (χ3n) is 14.3. The zero-order valence-corrected chi connectivity index (χ0v) is 50.4. The van der Waals surface area contributed by atoms with E-state index in [-0.39, 0.29) is 43.0 Å². The monoisotopic (exact) mass is 1210 g/mol. The van der Waals surface area contributed by atoms with Crippen molar-refractivity contribution in [3.63, 3.8) is 0 Å². The quantitative estimate of drug-likeness (QED) is 0.0127. The number of nitrogens with two attached hydrogens (primary N) is 1. The molecule has 2 aliphatic heterocycles. The van der Waals surface area contributed by atoms with Crippen molar-refractivity contribution in [2.24, 2.45) is 0 Å². The number of carbonyl (C=O) groups is 5.